The SMILES string of the molecule is CCC[C@@H](C)N1C(=O)[C@@H](CC(=O)Nc2ccccc2)SC1=Nc1c(C)n(C)n(-c2ccccc2)c1=O. The number of thioether (sulfide) groups is 1. The quantitative estimate of drug-likeness (QED) is 0.483. The van der Waals surface area contributed by atoms with Crippen LogP contribution < -0.4 is 10.9 Å². The lowest BCUT2D eigenvalue weighted by atomic mass is 10.1. The molecule has 0 unspecified atom stereocenters. The molecule has 1 aliphatic rings. The first-order valence-electron chi connectivity index (χ1n) is 12.1. The van der Waals surface area contributed by atoms with Gasteiger partial charge in [-0.05, 0) is 44.5 Å². The lowest BCUT2D eigenvalue weighted by Crippen LogP contribution is -2.40. The Kier molecular flexibility index (Phi) is 7.79. The molecule has 0 aliphatic carbocycles. The summed E-state index contributed by atoms with van der Waals surface area (Å²) in [7, 11) is 1.81. The van der Waals surface area contributed by atoms with Gasteiger partial charge in [-0.15, -0.1) is 0 Å². The molecular formula is C27H31N5O3S. The predicted octanol–water partition coefficient (Wildman–Crippen LogP) is 4.63. The van der Waals surface area contributed by atoms with E-state index in [1.165, 1.54) is 11.8 Å². The molecule has 1 aromatic heterocycles. The zero-order valence-corrected chi connectivity index (χ0v) is 21.8. The number of aromatic nitrogens is 2. The lowest BCUT2D eigenvalue weighted by molar-refractivity contribution is -0.129. The number of anilines is 1. The summed E-state index contributed by atoms with van der Waals surface area (Å²) in [5, 5.41) is 2.71. The smallest absolute Gasteiger partial charge is 0.297 e. The Morgan fingerprint density at radius 2 is 1.72 bits per heavy atom. The normalized spacial score (nSPS) is 17.6. The Morgan fingerprint density at radius 1 is 1.08 bits per heavy atom. The summed E-state index contributed by atoms with van der Waals surface area (Å²) in [6.45, 7) is 5.88. The Bertz CT molecular complexity index is 1330. The van der Waals surface area contributed by atoms with Crippen LogP contribution in [0.2, 0.25) is 0 Å². The van der Waals surface area contributed by atoms with Crippen molar-refractivity contribution in [1.29, 1.82) is 0 Å². The van der Waals surface area contributed by atoms with Gasteiger partial charge in [0.25, 0.3) is 5.56 Å². The van der Waals surface area contributed by atoms with Gasteiger partial charge >= 0.3 is 0 Å². The van der Waals surface area contributed by atoms with Crippen molar-refractivity contribution >= 4 is 40.1 Å². The highest BCUT2D eigenvalue weighted by Gasteiger charge is 2.41. The number of nitrogens with zero attached hydrogens (tertiary/aromatic N) is 4. The number of amidine groups is 1. The van der Waals surface area contributed by atoms with E-state index < -0.39 is 5.25 Å². The predicted molar refractivity (Wildman–Crippen MR) is 145 cm³/mol. The van der Waals surface area contributed by atoms with Gasteiger partial charge in [-0.3, -0.25) is 24.0 Å². The fraction of sp³-hybridized carbons (Fsp3) is 0.333. The molecular weight excluding hydrogens is 474 g/mol. The number of carbonyl (C=O) groups excluding carboxylic acids is 2. The molecule has 1 saturated heterocycles. The van der Waals surface area contributed by atoms with Crippen LogP contribution in [0.5, 0.6) is 0 Å². The summed E-state index contributed by atoms with van der Waals surface area (Å²) in [6.07, 6.45) is 1.71. The molecule has 0 radical (unpaired) electrons. The van der Waals surface area contributed by atoms with Crippen LogP contribution in [-0.2, 0) is 16.6 Å². The summed E-state index contributed by atoms with van der Waals surface area (Å²) in [5.74, 6) is -0.390. The largest absolute Gasteiger partial charge is 0.326 e. The second-order valence-electron chi connectivity index (χ2n) is 8.88. The number of para-hydroxylation sites is 2. The van der Waals surface area contributed by atoms with Crippen LogP contribution in [0.15, 0.2) is 70.5 Å². The maximum Gasteiger partial charge on any atom is 0.297 e. The van der Waals surface area contributed by atoms with Crippen LogP contribution in [0.3, 0.4) is 0 Å². The van der Waals surface area contributed by atoms with E-state index in [2.05, 4.69) is 12.2 Å². The Morgan fingerprint density at radius 3 is 2.36 bits per heavy atom. The van der Waals surface area contributed by atoms with Crippen molar-refractivity contribution in [1.82, 2.24) is 14.3 Å². The van der Waals surface area contributed by atoms with Crippen LogP contribution in [0, 0.1) is 6.92 Å². The second-order valence-corrected chi connectivity index (χ2v) is 10.0. The minimum absolute atomic E-state index is 0.0226. The number of rotatable bonds is 8. The van der Waals surface area contributed by atoms with E-state index in [1.54, 1.807) is 26.4 Å². The molecule has 1 fully saturated rings. The molecule has 0 bridgehead atoms. The van der Waals surface area contributed by atoms with Crippen molar-refractivity contribution in [3.05, 3.63) is 76.7 Å². The van der Waals surface area contributed by atoms with Gasteiger partial charge in [0.15, 0.2) is 10.9 Å². The Labute approximate surface area is 215 Å². The maximum absolute atomic E-state index is 13.4. The Hall–Kier alpha value is -3.59. The average Bonchev–Trinajstić information content (AvgIpc) is 3.28. The second kappa shape index (κ2) is 11.0. The molecule has 188 valence electrons. The van der Waals surface area contributed by atoms with E-state index >= 15 is 0 Å². The summed E-state index contributed by atoms with van der Waals surface area (Å²) in [4.78, 5) is 45.9. The zero-order valence-electron chi connectivity index (χ0n) is 21.0. The molecule has 2 atom stereocenters. The first kappa shape index (κ1) is 25.5. The monoisotopic (exact) mass is 505 g/mol. The summed E-state index contributed by atoms with van der Waals surface area (Å²) in [6, 6.07) is 18.4. The first-order valence-corrected chi connectivity index (χ1v) is 13.0. The van der Waals surface area contributed by atoms with Gasteiger partial charge in [-0.25, -0.2) is 9.67 Å². The third-order valence-corrected chi connectivity index (χ3v) is 7.43. The van der Waals surface area contributed by atoms with Crippen molar-refractivity contribution in [2.24, 2.45) is 12.0 Å². The van der Waals surface area contributed by atoms with Gasteiger partial charge in [0.1, 0.15) is 5.25 Å². The highest BCUT2D eigenvalue weighted by atomic mass is 32.2. The van der Waals surface area contributed by atoms with Crippen molar-refractivity contribution in [2.75, 3.05) is 5.32 Å². The fourth-order valence-electron chi connectivity index (χ4n) is 4.33. The number of hydrogen-bond donors (Lipinski definition) is 1. The molecule has 1 aliphatic heterocycles. The van der Waals surface area contributed by atoms with Gasteiger partial charge in [0.2, 0.25) is 11.8 Å². The number of benzene rings is 2. The van der Waals surface area contributed by atoms with Crippen molar-refractivity contribution in [2.45, 2.75) is 51.3 Å². The number of aliphatic imine (C=N–C) groups is 1. The van der Waals surface area contributed by atoms with E-state index in [0.717, 1.165) is 18.5 Å². The maximum atomic E-state index is 13.4. The highest BCUT2D eigenvalue weighted by Crippen LogP contribution is 2.34. The van der Waals surface area contributed by atoms with Gasteiger partial charge in [-0.1, -0.05) is 61.5 Å². The molecule has 0 saturated carbocycles. The Balaban J connectivity index is 1.66. The molecule has 8 nitrogen and oxygen atoms in total. The molecule has 0 spiro atoms. The molecule has 2 aromatic carbocycles. The molecule has 3 aromatic rings. The fourth-order valence-corrected chi connectivity index (χ4v) is 5.56. The third-order valence-electron chi connectivity index (χ3n) is 6.27. The van der Waals surface area contributed by atoms with E-state index in [1.807, 2.05) is 69.4 Å². The van der Waals surface area contributed by atoms with E-state index in [-0.39, 0.29) is 29.8 Å². The molecule has 9 heteroatoms. The summed E-state index contributed by atoms with van der Waals surface area (Å²) >= 11 is 1.25. The summed E-state index contributed by atoms with van der Waals surface area (Å²) < 4.78 is 3.34. The zero-order chi connectivity index (χ0) is 25.8. The van der Waals surface area contributed by atoms with E-state index in [0.29, 0.717) is 22.2 Å². The average molecular weight is 506 g/mol. The van der Waals surface area contributed by atoms with Crippen LogP contribution in [0.4, 0.5) is 11.4 Å². The molecule has 4 rings (SSSR count). The van der Waals surface area contributed by atoms with Crippen molar-refractivity contribution in [3.8, 4) is 5.69 Å². The third kappa shape index (κ3) is 5.16. The van der Waals surface area contributed by atoms with Crippen LogP contribution in [0.1, 0.15) is 38.8 Å². The van der Waals surface area contributed by atoms with Crippen LogP contribution in [-0.4, -0.2) is 42.5 Å². The number of carbonyl (C=O) groups is 2. The number of nitrogens with one attached hydrogen (secondary N) is 1. The van der Waals surface area contributed by atoms with Crippen molar-refractivity contribution in [3.63, 3.8) is 0 Å². The molecule has 2 amide bonds. The molecule has 36 heavy (non-hydrogen) atoms. The summed E-state index contributed by atoms with van der Waals surface area (Å²) in [5.41, 5.74) is 2.15. The lowest BCUT2D eigenvalue weighted by Gasteiger charge is -2.24. The number of hydrogen-bond acceptors (Lipinski definition) is 5. The van der Waals surface area contributed by atoms with Gasteiger partial charge in [-0.2, -0.15) is 0 Å². The first-order chi connectivity index (χ1) is 17.3. The van der Waals surface area contributed by atoms with E-state index in [4.69, 9.17) is 4.99 Å². The van der Waals surface area contributed by atoms with Gasteiger partial charge < -0.3 is 5.32 Å². The van der Waals surface area contributed by atoms with Crippen molar-refractivity contribution < 1.29 is 9.59 Å². The minimum atomic E-state index is -0.605. The molecule has 2 heterocycles. The van der Waals surface area contributed by atoms with Gasteiger partial charge in [0.05, 0.1) is 11.4 Å². The topological polar surface area (TPSA) is 88.7 Å². The van der Waals surface area contributed by atoms with Crippen LogP contribution >= 0.6 is 11.8 Å². The molecule has 1 N–H and O–H groups in total. The van der Waals surface area contributed by atoms with Crippen LogP contribution in [0.25, 0.3) is 5.69 Å². The van der Waals surface area contributed by atoms with E-state index in [9.17, 15) is 14.4 Å². The highest BCUT2D eigenvalue weighted by molar-refractivity contribution is 8.15. The number of amides is 2. The minimum Gasteiger partial charge on any atom is -0.326 e. The standard InChI is InChI=1S/C27H31N5O3S/c1-5-12-18(2)31-25(34)22(17-23(33)28-20-13-8-6-9-14-20)36-27(31)29-24-19(3)30(4)32(26(24)35)21-15-10-7-11-16-21/h6-11,13-16,18,22H,5,12,17H2,1-4H3,(H,28,33)/t18-,22-/m1/s1. The van der Waals surface area contributed by atoms with Gasteiger partial charge in [0, 0.05) is 25.2 Å².